The van der Waals surface area contributed by atoms with Gasteiger partial charge in [0.1, 0.15) is 5.75 Å². The zero-order valence-electron chi connectivity index (χ0n) is 9.99. The van der Waals surface area contributed by atoms with Gasteiger partial charge in [-0.05, 0) is 24.6 Å². The van der Waals surface area contributed by atoms with Gasteiger partial charge in [0.15, 0.2) is 5.78 Å². The molecule has 0 saturated carbocycles. The van der Waals surface area contributed by atoms with Gasteiger partial charge in [0.25, 0.3) is 5.70 Å². The number of benzene rings is 1. The molecule has 1 atom stereocenters. The lowest BCUT2D eigenvalue weighted by Crippen LogP contribution is -2.24. The van der Waals surface area contributed by atoms with E-state index in [2.05, 4.69) is 0 Å². The normalized spacial score (nSPS) is 12.9. The molecule has 0 bridgehead atoms. The second-order valence-electron chi connectivity index (χ2n) is 3.61. The lowest BCUT2D eigenvalue weighted by atomic mass is 10.1. The van der Waals surface area contributed by atoms with Crippen LogP contribution < -0.4 is 4.74 Å². The highest BCUT2D eigenvalue weighted by Gasteiger charge is 2.26. The maximum absolute atomic E-state index is 11.0. The molecule has 0 spiro atoms. The Morgan fingerprint density at radius 1 is 1.44 bits per heavy atom. The molecule has 0 amide bonds. The van der Waals surface area contributed by atoms with Crippen molar-refractivity contribution in [3.8, 4) is 5.75 Å². The smallest absolute Gasteiger partial charge is 0.282 e. The molecule has 0 heterocycles. The van der Waals surface area contributed by atoms with Crippen LogP contribution in [0.4, 0.5) is 0 Å². The molecule has 18 heavy (non-hydrogen) atoms. The maximum atomic E-state index is 11.0. The van der Waals surface area contributed by atoms with Crippen LogP contribution in [-0.2, 0) is 4.79 Å². The molecule has 1 aromatic rings. The zero-order valence-corrected chi connectivity index (χ0v) is 9.99. The maximum Gasteiger partial charge on any atom is 0.282 e. The third kappa shape index (κ3) is 3.39. The average Bonchev–Trinajstić information content (AvgIpc) is 2.35. The number of nitro groups is 1. The molecule has 6 nitrogen and oxygen atoms in total. The van der Waals surface area contributed by atoms with Gasteiger partial charge in [-0.25, -0.2) is 0 Å². The summed E-state index contributed by atoms with van der Waals surface area (Å²) in [6.07, 6.45) is -0.562. The predicted molar refractivity (Wildman–Crippen MR) is 64.7 cm³/mol. The van der Waals surface area contributed by atoms with Gasteiger partial charge < -0.3 is 9.84 Å². The van der Waals surface area contributed by atoms with Crippen LogP contribution >= 0.6 is 0 Å². The number of hydrogen-bond acceptors (Lipinski definition) is 5. The summed E-state index contributed by atoms with van der Waals surface area (Å²) in [5.41, 5.74) is -0.0459. The first-order chi connectivity index (χ1) is 8.45. The Morgan fingerprint density at radius 2 is 2.00 bits per heavy atom. The number of carbonyl (C=O) groups excluding carboxylic acids is 1. The Balaban J connectivity index is 3.08. The van der Waals surface area contributed by atoms with Crippen molar-refractivity contribution in [3.63, 3.8) is 0 Å². The van der Waals surface area contributed by atoms with Gasteiger partial charge >= 0.3 is 0 Å². The van der Waals surface area contributed by atoms with Crippen molar-refractivity contribution in [2.75, 3.05) is 7.11 Å². The number of carbonyl (C=O) groups is 1. The summed E-state index contributed by atoms with van der Waals surface area (Å²) in [5, 5.41) is 20.2. The summed E-state index contributed by atoms with van der Waals surface area (Å²) >= 11 is 0. The molecular formula is C12H13NO5. The van der Waals surface area contributed by atoms with Gasteiger partial charge in [-0.3, -0.25) is 14.9 Å². The van der Waals surface area contributed by atoms with E-state index in [1.54, 1.807) is 24.3 Å². The minimum Gasteiger partial charge on any atom is -0.497 e. The summed E-state index contributed by atoms with van der Waals surface area (Å²) in [5.74, 6) is -0.0617. The molecule has 1 unspecified atom stereocenters. The molecule has 0 aliphatic heterocycles. The second kappa shape index (κ2) is 5.92. The Hall–Kier alpha value is -2.21. The Labute approximate surface area is 104 Å². The van der Waals surface area contributed by atoms with Crippen molar-refractivity contribution in [1.29, 1.82) is 0 Å². The van der Waals surface area contributed by atoms with E-state index in [4.69, 9.17) is 4.74 Å². The first-order valence-corrected chi connectivity index (χ1v) is 5.14. The molecule has 0 saturated heterocycles. The number of rotatable bonds is 5. The number of methoxy groups -OCH3 is 1. The van der Waals surface area contributed by atoms with Gasteiger partial charge in [-0.2, -0.15) is 0 Å². The van der Waals surface area contributed by atoms with E-state index < -0.39 is 22.5 Å². The lowest BCUT2D eigenvalue weighted by molar-refractivity contribution is -0.432. The first kappa shape index (κ1) is 13.9. The Kier molecular flexibility index (Phi) is 4.56. The molecule has 0 aliphatic carbocycles. The molecule has 1 N–H and O–H groups in total. The number of ether oxygens (including phenoxy) is 1. The van der Waals surface area contributed by atoms with Crippen molar-refractivity contribution in [3.05, 3.63) is 45.6 Å². The summed E-state index contributed by atoms with van der Waals surface area (Å²) in [7, 11) is 1.51. The van der Waals surface area contributed by atoms with Crippen LogP contribution in [0.5, 0.6) is 5.75 Å². The monoisotopic (exact) mass is 251 g/mol. The number of aliphatic hydroxyl groups excluding tert-OH is 1. The molecule has 1 rings (SSSR count). The number of ketones is 1. The minimum atomic E-state index is -1.72. The van der Waals surface area contributed by atoms with E-state index in [9.17, 15) is 20.0 Å². The molecule has 0 aliphatic rings. The highest BCUT2D eigenvalue weighted by atomic mass is 16.6. The highest BCUT2D eigenvalue weighted by Crippen LogP contribution is 2.16. The van der Waals surface area contributed by atoms with Crippen molar-refractivity contribution in [2.24, 2.45) is 0 Å². The van der Waals surface area contributed by atoms with Gasteiger partial charge in [0.2, 0.25) is 6.10 Å². The number of nitrogens with zero attached hydrogens (tertiary/aromatic N) is 1. The molecule has 1 aromatic carbocycles. The molecule has 0 fully saturated rings. The largest absolute Gasteiger partial charge is 0.497 e. The molecule has 0 radical (unpaired) electrons. The van der Waals surface area contributed by atoms with Crippen molar-refractivity contribution >= 4 is 11.9 Å². The SMILES string of the molecule is COc1ccc(/C=C(/C(O)C(C)=O)[N+](=O)[O-])cc1. The third-order valence-electron chi connectivity index (χ3n) is 2.31. The van der Waals surface area contributed by atoms with Gasteiger partial charge in [-0.15, -0.1) is 0 Å². The standard InChI is InChI=1S/C12H13NO5/c1-8(14)12(15)11(13(16)17)7-9-3-5-10(18-2)6-4-9/h3-7,12,15H,1-2H3/b11-7-. The van der Waals surface area contributed by atoms with Gasteiger partial charge in [-0.1, -0.05) is 12.1 Å². The van der Waals surface area contributed by atoms with Crippen LogP contribution in [-0.4, -0.2) is 29.0 Å². The topological polar surface area (TPSA) is 89.7 Å². The van der Waals surface area contributed by atoms with E-state index in [0.29, 0.717) is 11.3 Å². The third-order valence-corrected chi connectivity index (χ3v) is 2.31. The summed E-state index contributed by atoms with van der Waals surface area (Å²) < 4.78 is 4.95. The predicted octanol–water partition coefficient (Wildman–Crippen LogP) is 1.26. The quantitative estimate of drug-likeness (QED) is 0.628. The Bertz CT molecular complexity index is 478. The molecular weight excluding hydrogens is 238 g/mol. The highest BCUT2D eigenvalue weighted by molar-refractivity contribution is 5.84. The van der Waals surface area contributed by atoms with Crippen LogP contribution in [0, 0.1) is 10.1 Å². The molecule has 96 valence electrons. The Morgan fingerprint density at radius 3 is 2.39 bits per heavy atom. The van der Waals surface area contributed by atoms with Gasteiger partial charge in [0.05, 0.1) is 12.0 Å². The van der Waals surface area contributed by atoms with Crippen molar-refractivity contribution < 1.29 is 19.6 Å². The fourth-order valence-electron chi connectivity index (χ4n) is 1.31. The molecule has 6 heteroatoms. The number of aliphatic hydroxyl groups is 1. The second-order valence-corrected chi connectivity index (χ2v) is 3.61. The fourth-order valence-corrected chi connectivity index (χ4v) is 1.31. The molecule has 0 aromatic heterocycles. The summed E-state index contributed by atoms with van der Waals surface area (Å²) in [4.78, 5) is 21.0. The fraction of sp³-hybridized carbons (Fsp3) is 0.250. The van der Waals surface area contributed by atoms with Crippen LogP contribution in [0.1, 0.15) is 12.5 Å². The van der Waals surface area contributed by atoms with Crippen LogP contribution in [0.25, 0.3) is 6.08 Å². The van der Waals surface area contributed by atoms with E-state index in [-0.39, 0.29) is 0 Å². The first-order valence-electron chi connectivity index (χ1n) is 5.14. The summed E-state index contributed by atoms with van der Waals surface area (Å²) in [6, 6.07) is 6.44. The van der Waals surface area contributed by atoms with E-state index >= 15 is 0 Å². The van der Waals surface area contributed by atoms with Crippen LogP contribution in [0.2, 0.25) is 0 Å². The lowest BCUT2D eigenvalue weighted by Gasteiger charge is -2.04. The van der Waals surface area contributed by atoms with Crippen molar-refractivity contribution in [2.45, 2.75) is 13.0 Å². The number of Topliss-reactive ketones (excluding diaryl/α,β-unsaturated/α-hetero) is 1. The van der Waals surface area contributed by atoms with Crippen molar-refractivity contribution in [1.82, 2.24) is 0 Å². The van der Waals surface area contributed by atoms with Gasteiger partial charge in [0, 0.05) is 6.08 Å². The van der Waals surface area contributed by atoms with E-state index in [1.807, 2.05) is 0 Å². The number of hydrogen-bond donors (Lipinski definition) is 1. The van der Waals surface area contributed by atoms with Crippen LogP contribution in [0.3, 0.4) is 0 Å². The average molecular weight is 251 g/mol. The van der Waals surface area contributed by atoms with E-state index in [1.165, 1.54) is 7.11 Å². The minimum absolute atomic E-state index is 0.503. The zero-order chi connectivity index (χ0) is 13.7. The van der Waals surface area contributed by atoms with E-state index in [0.717, 1.165) is 13.0 Å². The van der Waals surface area contributed by atoms with Crippen LogP contribution in [0.15, 0.2) is 30.0 Å². The summed E-state index contributed by atoms with van der Waals surface area (Å²) in [6.45, 7) is 1.09.